The molecule has 1 atom stereocenters. The third-order valence-corrected chi connectivity index (χ3v) is 5.99. The Balaban J connectivity index is 1.37. The van der Waals surface area contributed by atoms with E-state index in [2.05, 4.69) is 20.9 Å². The van der Waals surface area contributed by atoms with Crippen molar-refractivity contribution in [2.45, 2.75) is 32.3 Å². The van der Waals surface area contributed by atoms with Gasteiger partial charge in [0, 0.05) is 57.6 Å². The fourth-order valence-electron chi connectivity index (χ4n) is 4.32. The summed E-state index contributed by atoms with van der Waals surface area (Å²) in [7, 11) is 0. The molecule has 0 spiro atoms. The summed E-state index contributed by atoms with van der Waals surface area (Å²) in [6, 6.07) is 12.1. The average molecular weight is 395 g/mol. The molecule has 1 N–H and O–H groups in total. The smallest absolute Gasteiger partial charge is 0.226 e. The Hall–Kier alpha value is -2.44. The molecule has 3 heterocycles. The minimum absolute atomic E-state index is 0.171. The summed E-state index contributed by atoms with van der Waals surface area (Å²) in [5, 5.41) is 10.8. The summed E-state index contributed by atoms with van der Waals surface area (Å²) < 4.78 is 0. The van der Waals surface area contributed by atoms with Crippen molar-refractivity contribution in [1.29, 1.82) is 0 Å². The van der Waals surface area contributed by atoms with Gasteiger partial charge in [-0.15, -0.1) is 0 Å². The zero-order chi connectivity index (χ0) is 20.2. The van der Waals surface area contributed by atoms with Crippen molar-refractivity contribution in [2.75, 3.05) is 49.1 Å². The van der Waals surface area contributed by atoms with Crippen LogP contribution < -0.4 is 9.80 Å². The summed E-state index contributed by atoms with van der Waals surface area (Å²) in [5.74, 6) is 1.19. The highest BCUT2D eigenvalue weighted by atomic mass is 16.3. The number of β-amino-alcohol motifs (C(OH)–C–C–N with tert-alkyl or cyclic N) is 1. The molecule has 2 aromatic rings. The Morgan fingerprint density at radius 3 is 2.69 bits per heavy atom. The van der Waals surface area contributed by atoms with Gasteiger partial charge in [-0.2, -0.15) is 0 Å². The number of amides is 1. The molecule has 29 heavy (non-hydrogen) atoms. The van der Waals surface area contributed by atoms with Crippen LogP contribution in [0.15, 0.2) is 42.6 Å². The molecule has 1 amide bonds. The number of benzene rings is 1. The molecule has 0 radical (unpaired) electrons. The third kappa shape index (κ3) is 4.43. The molecule has 1 fully saturated rings. The molecule has 4 rings (SSSR count). The summed E-state index contributed by atoms with van der Waals surface area (Å²) >= 11 is 0. The van der Waals surface area contributed by atoms with Gasteiger partial charge in [-0.25, -0.2) is 4.98 Å². The van der Waals surface area contributed by atoms with E-state index in [0.29, 0.717) is 13.0 Å². The molecule has 6 heteroatoms. The minimum atomic E-state index is -0.515. The number of carbonyl (C=O) groups is 1. The van der Waals surface area contributed by atoms with Gasteiger partial charge in [-0.3, -0.25) is 9.69 Å². The highest BCUT2D eigenvalue weighted by Crippen LogP contribution is 2.30. The predicted molar refractivity (Wildman–Crippen MR) is 115 cm³/mol. The standard InChI is InChI=1S/C23H30N4O2/c1-2-23(29)27-11-5-6-18-16-19(8-9-20(18)27)21(28)17-25-12-14-26(15-13-25)22-7-3-4-10-24-22/h3-4,7-10,16,21,28H,2,5-6,11-15,17H2,1H3/t21-/m0/s1. The SMILES string of the molecule is CCC(=O)N1CCCc2cc([C@@H](O)CN3CCN(c4ccccn4)CC3)ccc21. The zero-order valence-electron chi connectivity index (χ0n) is 17.1. The Bertz CT molecular complexity index is 834. The molecule has 1 saturated heterocycles. The van der Waals surface area contributed by atoms with Crippen molar-refractivity contribution in [3.63, 3.8) is 0 Å². The number of hydrogen-bond acceptors (Lipinski definition) is 5. The van der Waals surface area contributed by atoms with Gasteiger partial charge in [0.15, 0.2) is 0 Å². The first kappa shape index (κ1) is 19.9. The molecule has 2 aliphatic heterocycles. The average Bonchev–Trinajstić information content (AvgIpc) is 2.78. The van der Waals surface area contributed by atoms with Gasteiger partial charge in [-0.05, 0) is 42.2 Å². The summed E-state index contributed by atoms with van der Waals surface area (Å²) in [6.45, 7) is 7.00. The Morgan fingerprint density at radius 2 is 1.97 bits per heavy atom. The number of aliphatic hydroxyl groups excluding tert-OH is 1. The van der Waals surface area contributed by atoms with Crippen LogP contribution in [0.25, 0.3) is 0 Å². The highest BCUT2D eigenvalue weighted by molar-refractivity contribution is 5.94. The van der Waals surface area contributed by atoms with Crippen LogP contribution in [0.3, 0.4) is 0 Å². The number of aliphatic hydroxyl groups is 1. The summed E-state index contributed by atoms with van der Waals surface area (Å²) in [6.07, 6.45) is 3.78. The van der Waals surface area contributed by atoms with Crippen LogP contribution in [0.5, 0.6) is 0 Å². The molecule has 2 aliphatic rings. The fourth-order valence-corrected chi connectivity index (χ4v) is 4.32. The largest absolute Gasteiger partial charge is 0.387 e. The first-order valence-electron chi connectivity index (χ1n) is 10.7. The van der Waals surface area contributed by atoms with E-state index < -0.39 is 6.10 Å². The first-order valence-corrected chi connectivity index (χ1v) is 10.7. The lowest BCUT2D eigenvalue weighted by atomic mass is 9.96. The van der Waals surface area contributed by atoms with E-state index in [-0.39, 0.29) is 5.91 Å². The van der Waals surface area contributed by atoms with Crippen molar-refractivity contribution in [2.24, 2.45) is 0 Å². The van der Waals surface area contributed by atoms with Crippen LogP contribution in [-0.4, -0.2) is 60.2 Å². The van der Waals surface area contributed by atoms with Gasteiger partial charge < -0.3 is 14.9 Å². The molecule has 0 saturated carbocycles. The quantitative estimate of drug-likeness (QED) is 0.845. The maximum absolute atomic E-state index is 12.2. The molecule has 1 aromatic carbocycles. The number of aryl methyl sites for hydroxylation is 1. The second-order valence-corrected chi connectivity index (χ2v) is 7.88. The van der Waals surface area contributed by atoms with Gasteiger partial charge in [0.25, 0.3) is 0 Å². The van der Waals surface area contributed by atoms with Crippen LogP contribution in [0.1, 0.15) is 37.0 Å². The Kier molecular flexibility index (Phi) is 6.11. The van der Waals surface area contributed by atoms with Crippen LogP contribution in [0.4, 0.5) is 11.5 Å². The predicted octanol–water partition coefficient (Wildman–Crippen LogP) is 2.63. The normalized spacial score (nSPS) is 18.4. The molecule has 6 nitrogen and oxygen atoms in total. The van der Waals surface area contributed by atoms with Gasteiger partial charge in [0.2, 0.25) is 5.91 Å². The second-order valence-electron chi connectivity index (χ2n) is 7.88. The molecule has 0 bridgehead atoms. The third-order valence-electron chi connectivity index (χ3n) is 5.99. The lowest BCUT2D eigenvalue weighted by Crippen LogP contribution is -2.47. The number of aromatic nitrogens is 1. The first-order chi connectivity index (χ1) is 14.2. The molecular weight excluding hydrogens is 364 g/mol. The Morgan fingerprint density at radius 1 is 1.14 bits per heavy atom. The topological polar surface area (TPSA) is 59.9 Å². The molecule has 0 aliphatic carbocycles. The van der Waals surface area contributed by atoms with E-state index in [9.17, 15) is 9.90 Å². The molecule has 0 unspecified atom stereocenters. The number of hydrogen-bond donors (Lipinski definition) is 1. The van der Waals surface area contributed by atoms with E-state index in [1.165, 1.54) is 5.56 Å². The van der Waals surface area contributed by atoms with Crippen molar-refractivity contribution in [1.82, 2.24) is 9.88 Å². The second kappa shape index (κ2) is 8.93. The highest BCUT2D eigenvalue weighted by Gasteiger charge is 2.24. The monoisotopic (exact) mass is 394 g/mol. The number of fused-ring (bicyclic) bond motifs is 1. The Labute approximate surface area is 172 Å². The van der Waals surface area contributed by atoms with Gasteiger partial charge >= 0.3 is 0 Å². The number of anilines is 2. The molecule has 1 aromatic heterocycles. The maximum Gasteiger partial charge on any atom is 0.226 e. The number of piperazine rings is 1. The summed E-state index contributed by atoms with van der Waals surface area (Å²) in [4.78, 5) is 23.1. The number of carbonyl (C=O) groups excluding carboxylic acids is 1. The summed E-state index contributed by atoms with van der Waals surface area (Å²) in [5.41, 5.74) is 3.14. The lowest BCUT2D eigenvalue weighted by molar-refractivity contribution is -0.118. The van der Waals surface area contributed by atoms with Crippen LogP contribution in [0.2, 0.25) is 0 Å². The number of pyridine rings is 1. The fraction of sp³-hybridized carbons (Fsp3) is 0.478. The molecular formula is C23H30N4O2. The van der Waals surface area contributed by atoms with Gasteiger partial charge in [0.1, 0.15) is 5.82 Å². The zero-order valence-corrected chi connectivity index (χ0v) is 17.1. The van der Waals surface area contributed by atoms with E-state index in [1.807, 2.05) is 48.4 Å². The maximum atomic E-state index is 12.2. The van der Waals surface area contributed by atoms with Crippen molar-refractivity contribution in [3.8, 4) is 0 Å². The van der Waals surface area contributed by atoms with Crippen LogP contribution >= 0.6 is 0 Å². The van der Waals surface area contributed by atoms with Crippen LogP contribution in [-0.2, 0) is 11.2 Å². The van der Waals surface area contributed by atoms with E-state index in [4.69, 9.17) is 0 Å². The van der Waals surface area contributed by atoms with E-state index >= 15 is 0 Å². The van der Waals surface area contributed by atoms with Gasteiger partial charge in [0.05, 0.1) is 6.10 Å². The minimum Gasteiger partial charge on any atom is -0.387 e. The van der Waals surface area contributed by atoms with E-state index in [1.54, 1.807) is 0 Å². The van der Waals surface area contributed by atoms with Crippen LogP contribution in [0, 0.1) is 0 Å². The van der Waals surface area contributed by atoms with Crippen molar-refractivity contribution in [3.05, 3.63) is 53.7 Å². The lowest BCUT2D eigenvalue weighted by Gasteiger charge is -2.36. The number of rotatable bonds is 5. The van der Waals surface area contributed by atoms with Gasteiger partial charge in [-0.1, -0.05) is 25.1 Å². The molecule has 154 valence electrons. The van der Waals surface area contributed by atoms with Crippen molar-refractivity contribution >= 4 is 17.4 Å². The number of nitrogens with zero attached hydrogens (tertiary/aromatic N) is 4. The van der Waals surface area contributed by atoms with E-state index in [0.717, 1.165) is 62.6 Å². The van der Waals surface area contributed by atoms with Crippen molar-refractivity contribution < 1.29 is 9.90 Å².